The maximum Gasteiger partial charge on any atom is 0.311 e. The Morgan fingerprint density at radius 2 is 1.56 bits per heavy atom. The van der Waals surface area contributed by atoms with Crippen molar-refractivity contribution in [2.45, 2.75) is 13.3 Å². The van der Waals surface area contributed by atoms with E-state index < -0.39 is 0 Å². The monoisotopic (exact) mass is 361 g/mol. The first-order chi connectivity index (χ1) is 13.2. The maximum absolute atomic E-state index is 11.6. The normalized spacial score (nSPS) is 9.93. The van der Waals surface area contributed by atoms with Gasteiger partial charge in [-0.05, 0) is 24.3 Å². The summed E-state index contributed by atoms with van der Waals surface area (Å²) in [4.78, 5) is 19.6. The van der Waals surface area contributed by atoms with Crippen LogP contribution in [-0.4, -0.2) is 15.9 Å². The van der Waals surface area contributed by atoms with Crippen molar-refractivity contribution in [2.75, 3.05) is 0 Å². The number of hydrogen-bond acceptors (Lipinski definition) is 7. The highest BCUT2D eigenvalue weighted by molar-refractivity contribution is 5.72. The van der Waals surface area contributed by atoms with Gasteiger partial charge in [-0.15, -0.1) is 0 Å². The third kappa shape index (κ3) is 4.58. The van der Waals surface area contributed by atoms with E-state index >= 15 is 0 Å². The molecule has 0 unspecified atom stereocenters. The van der Waals surface area contributed by atoms with Crippen molar-refractivity contribution in [3.63, 3.8) is 0 Å². The molecule has 3 aromatic rings. The summed E-state index contributed by atoms with van der Waals surface area (Å²) in [6.07, 6.45) is 1.53. The first-order valence-electron chi connectivity index (χ1n) is 8.16. The molecule has 2 aromatic carbocycles. The highest BCUT2D eigenvalue weighted by Gasteiger charge is 2.12. The molecule has 3 rings (SSSR count). The lowest BCUT2D eigenvalue weighted by Gasteiger charge is -2.11. The molecule has 0 aliphatic heterocycles. The van der Waals surface area contributed by atoms with Crippen molar-refractivity contribution in [1.29, 1.82) is 5.26 Å². The summed E-state index contributed by atoms with van der Waals surface area (Å²) < 4.78 is 16.6. The first-order valence-corrected chi connectivity index (χ1v) is 8.16. The topological polar surface area (TPSA) is 94.3 Å². The first kappa shape index (κ1) is 17.9. The van der Waals surface area contributed by atoms with Crippen molar-refractivity contribution >= 4 is 5.97 Å². The second-order valence-corrected chi connectivity index (χ2v) is 5.28. The van der Waals surface area contributed by atoms with Crippen LogP contribution < -0.4 is 14.2 Å². The molecule has 27 heavy (non-hydrogen) atoms. The molecule has 0 saturated carbocycles. The van der Waals surface area contributed by atoms with Crippen molar-refractivity contribution < 1.29 is 19.0 Å². The van der Waals surface area contributed by atoms with Gasteiger partial charge in [0.25, 0.3) is 0 Å². The van der Waals surface area contributed by atoms with E-state index in [0.29, 0.717) is 22.8 Å². The van der Waals surface area contributed by atoms with E-state index in [4.69, 9.17) is 19.5 Å². The lowest BCUT2D eigenvalue weighted by Crippen LogP contribution is -2.06. The van der Waals surface area contributed by atoms with Gasteiger partial charge in [-0.3, -0.25) is 4.79 Å². The van der Waals surface area contributed by atoms with E-state index in [-0.39, 0.29) is 24.2 Å². The molecule has 0 spiro atoms. The second-order valence-electron chi connectivity index (χ2n) is 5.28. The Labute approximate surface area is 155 Å². The van der Waals surface area contributed by atoms with Gasteiger partial charge < -0.3 is 14.2 Å². The van der Waals surface area contributed by atoms with E-state index in [1.165, 1.54) is 12.4 Å². The summed E-state index contributed by atoms with van der Waals surface area (Å²) in [6, 6.07) is 17.1. The Morgan fingerprint density at radius 1 is 0.963 bits per heavy atom. The summed E-state index contributed by atoms with van der Waals surface area (Å²) in [7, 11) is 0. The van der Waals surface area contributed by atoms with E-state index in [9.17, 15) is 4.79 Å². The second kappa shape index (κ2) is 8.45. The van der Waals surface area contributed by atoms with E-state index in [0.717, 1.165) is 0 Å². The maximum atomic E-state index is 11.6. The third-order valence-corrected chi connectivity index (χ3v) is 3.42. The average molecular weight is 361 g/mol. The van der Waals surface area contributed by atoms with E-state index in [1.807, 2.05) is 0 Å². The highest BCUT2D eigenvalue weighted by Crippen LogP contribution is 2.32. The summed E-state index contributed by atoms with van der Waals surface area (Å²) in [5.41, 5.74) is 0.385. The lowest BCUT2D eigenvalue weighted by molar-refractivity contribution is -0.134. The van der Waals surface area contributed by atoms with Crippen LogP contribution >= 0.6 is 0 Å². The van der Waals surface area contributed by atoms with Crippen LogP contribution in [-0.2, 0) is 4.79 Å². The molecule has 0 aliphatic rings. The summed E-state index contributed by atoms with van der Waals surface area (Å²) in [5.74, 6) is 1.05. The number of aromatic nitrogens is 2. The molecule has 0 aliphatic carbocycles. The molecule has 7 nitrogen and oxygen atoms in total. The number of esters is 1. The van der Waals surface area contributed by atoms with Crippen LogP contribution in [0.15, 0.2) is 60.9 Å². The SMILES string of the molecule is CCC(=O)Oc1ccccc1Oc1cc(Oc2ccccc2C#N)ncn1. The Morgan fingerprint density at radius 3 is 2.22 bits per heavy atom. The lowest BCUT2D eigenvalue weighted by atomic mass is 10.2. The fourth-order valence-electron chi connectivity index (χ4n) is 2.12. The van der Waals surface area contributed by atoms with Crippen molar-refractivity contribution in [2.24, 2.45) is 0 Å². The van der Waals surface area contributed by atoms with Crippen molar-refractivity contribution in [1.82, 2.24) is 9.97 Å². The summed E-state index contributed by atoms with van der Waals surface area (Å²) >= 11 is 0. The standard InChI is InChI=1S/C20H15N3O4/c1-2-20(24)27-17-10-6-5-9-16(17)26-19-11-18(22-13-23-19)25-15-8-4-3-7-14(15)12-21/h3-11,13H,2H2,1H3. The molecular weight excluding hydrogens is 346 g/mol. The summed E-state index contributed by atoms with van der Waals surface area (Å²) in [5, 5.41) is 9.14. The zero-order valence-corrected chi connectivity index (χ0v) is 14.5. The number of nitriles is 1. The number of benzene rings is 2. The van der Waals surface area contributed by atoms with Gasteiger partial charge >= 0.3 is 5.97 Å². The minimum Gasteiger partial charge on any atom is -0.437 e. The van der Waals surface area contributed by atoms with Crippen LogP contribution in [0.1, 0.15) is 18.9 Å². The zero-order valence-electron chi connectivity index (χ0n) is 14.5. The van der Waals surface area contributed by atoms with Crippen LogP contribution in [0.25, 0.3) is 0 Å². The highest BCUT2D eigenvalue weighted by atomic mass is 16.6. The average Bonchev–Trinajstić information content (AvgIpc) is 2.70. The van der Waals surface area contributed by atoms with Gasteiger partial charge in [0, 0.05) is 6.42 Å². The van der Waals surface area contributed by atoms with Gasteiger partial charge in [0.1, 0.15) is 18.1 Å². The number of rotatable bonds is 6. The fraction of sp³-hybridized carbons (Fsp3) is 0.100. The van der Waals surface area contributed by atoms with Crippen LogP contribution in [0.3, 0.4) is 0 Å². The minimum atomic E-state index is -0.370. The molecule has 0 bridgehead atoms. The number of hydrogen-bond donors (Lipinski definition) is 0. The molecule has 0 radical (unpaired) electrons. The fourth-order valence-corrected chi connectivity index (χ4v) is 2.12. The number of para-hydroxylation sites is 3. The van der Waals surface area contributed by atoms with Crippen LogP contribution in [0.5, 0.6) is 29.0 Å². The summed E-state index contributed by atoms with van der Waals surface area (Å²) in [6.45, 7) is 1.71. The number of ether oxygens (including phenoxy) is 3. The van der Waals surface area contributed by atoms with Gasteiger partial charge in [-0.2, -0.15) is 5.26 Å². The predicted octanol–water partition coefficient (Wildman–Crippen LogP) is 4.25. The van der Waals surface area contributed by atoms with Crippen LogP contribution in [0.2, 0.25) is 0 Å². The quantitative estimate of drug-likeness (QED) is 0.478. The Hall–Kier alpha value is -3.92. The third-order valence-electron chi connectivity index (χ3n) is 3.42. The number of carbonyl (C=O) groups is 1. The van der Waals surface area contributed by atoms with E-state index in [1.54, 1.807) is 55.5 Å². The molecule has 0 amide bonds. The van der Waals surface area contributed by atoms with Crippen molar-refractivity contribution in [3.05, 3.63) is 66.5 Å². The van der Waals surface area contributed by atoms with Gasteiger partial charge in [0.05, 0.1) is 11.6 Å². The largest absolute Gasteiger partial charge is 0.437 e. The number of carbonyl (C=O) groups excluding carboxylic acids is 1. The Kier molecular flexibility index (Phi) is 5.60. The molecule has 0 atom stereocenters. The molecule has 0 N–H and O–H groups in total. The van der Waals surface area contributed by atoms with Crippen LogP contribution in [0, 0.1) is 11.3 Å². The minimum absolute atomic E-state index is 0.203. The molecule has 0 fully saturated rings. The molecule has 1 heterocycles. The molecule has 134 valence electrons. The molecular formula is C20H15N3O4. The van der Waals surface area contributed by atoms with Gasteiger partial charge in [0.15, 0.2) is 11.5 Å². The smallest absolute Gasteiger partial charge is 0.311 e. The van der Waals surface area contributed by atoms with Crippen molar-refractivity contribution in [3.8, 4) is 35.1 Å². The van der Waals surface area contributed by atoms with Crippen LogP contribution in [0.4, 0.5) is 0 Å². The predicted molar refractivity (Wildman–Crippen MR) is 95.7 cm³/mol. The Bertz CT molecular complexity index is 998. The van der Waals surface area contributed by atoms with Gasteiger partial charge in [-0.1, -0.05) is 31.2 Å². The number of nitrogens with zero attached hydrogens (tertiary/aromatic N) is 3. The molecule has 7 heteroatoms. The van der Waals surface area contributed by atoms with Gasteiger partial charge in [-0.25, -0.2) is 9.97 Å². The van der Waals surface area contributed by atoms with E-state index in [2.05, 4.69) is 16.0 Å². The molecule has 1 aromatic heterocycles. The Balaban J connectivity index is 1.81. The zero-order chi connectivity index (χ0) is 19.1. The van der Waals surface area contributed by atoms with Gasteiger partial charge in [0.2, 0.25) is 11.8 Å². The molecule has 0 saturated heterocycles.